The summed E-state index contributed by atoms with van der Waals surface area (Å²) in [6, 6.07) is 5.43. The molecule has 0 saturated carbocycles. The van der Waals surface area contributed by atoms with Crippen LogP contribution in [-0.4, -0.2) is 25.0 Å². The fourth-order valence-corrected chi connectivity index (χ4v) is 2.44. The minimum absolute atomic E-state index is 0.0477. The van der Waals surface area contributed by atoms with Crippen molar-refractivity contribution in [1.29, 1.82) is 0 Å². The second-order valence-corrected chi connectivity index (χ2v) is 4.95. The Morgan fingerprint density at radius 1 is 1.25 bits per heavy atom. The summed E-state index contributed by atoms with van der Waals surface area (Å²) in [6.45, 7) is 0.0953. The number of hydrogen-bond acceptors (Lipinski definition) is 4. The summed E-state index contributed by atoms with van der Waals surface area (Å²) in [7, 11) is 0. The Balaban J connectivity index is 2.29. The van der Waals surface area contributed by atoms with Crippen LogP contribution < -0.4 is 4.90 Å². The SMILES string of the molecule is O=C1CN(c2ccc(I)cc2Cl)CC(=O)O1. The van der Waals surface area contributed by atoms with Gasteiger partial charge in [0, 0.05) is 3.57 Å². The van der Waals surface area contributed by atoms with E-state index in [0.717, 1.165) is 3.57 Å². The Morgan fingerprint density at radius 3 is 2.44 bits per heavy atom. The molecule has 1 saturated heterocycles. The molecule has 0 radical (unpaired) electrons. The first kappa shape index (κ1) is 11.7. The van der Waals surface area contributed by atoms with Crippen LogP contribution in [-0.2, 0) is 14.3 Å². The molecule has 1 aromatic carbocycles. The number of ether oxygens (including phenoxy) is 1. The first-order valence-electron chi connectivity index (χ1n) is 4.50. The number of halogens is 2. The molecular formula is C10H7ClINO3. The van der Waals surface area contributed by atoms with E-state index in [1.54, 1.807) is 17.0 Å². The first-order chi connectivity index (χ1) is 7.56. The molecule has 4 nitrogen and oxygen atoms in total. The van der Waals surface area contributed by atoms with Crippen LogP contribution in [0.4, 0.5) is 5.69 Å². The number of benzene rings is 1. The molecule has 1 aliphatic heterocycles. The van der Waals surface area contributed by atoms with Gasteiger partial charge < -0.3 is 9.64 Å². The summed E-state index contributed by atoms with van der Waals surface area (Å²) < 4.78 is 5.43. The fourth-order valence-electron chi connectivity index (χ4n) is 1.47. The van der Waals surface area contributed by atoms with Gasteiger partial charge in [-0.15, -0.1) is 0 Å². The number of nitrogens with zero attached hydrogens (tertiary/aromatic N) is 1. The van der Waals surface area contributed by atoms with Gasteiger partial charge in [0.2, 0.25) is 0 Å². The van der Waals surface area contributed by atoms with Crippen LogP contribution in [0.2, 0.25) is 5.02 Å². The topological polar surface area (TPSA) is 46.6 Å². The minimum Gasteiger partial charge on any atom is -0.390 e. The number of anilines is 1. The van der Waals surface area contributed by atoms with E-state index in [9.17, 15) is 9.59 Å². The monoisotopic (exact) mass is 351 g/mol. The molecule has 0 atom stereocenters. The lowest BCUT2D eigenvalue weighted by atomic mass is 10.2. The maximum Gasteiger partial charge on any atom is 0.333 e. The lowest BCUT2D eigenvalue weighted by Gasteiger charge is -2.27. The van der Waals surface area contributed by atoms with Crippen molar-refractivity contribution in [2.45, 2.75) is 0 Å². The van der Waals surface area contributed by atoms with Crippen molar-refractivity contribution in [3.63, 3.8) is 0 Å². The van der Waals surface area contributed by atoms with Gasteiger partial charge in [0.25, 0.3) is 0 Å². The summed E-state index contributed by atoms with van der Waals surface area (Å²) >= 11 is 8.19. The third-order valence-electron chi connectivity index (χ3n) is 2.12. The molecule has 0 N–H and O–H groups in total. The third kappa shape index (κ3) is 2.46. The summed E-state index contributed by atoms with van der Waals surface area (Å²) in [4.78, 5) is 23.8. The molecule has 0 bridgehead atoms. The number of hydrogen-bond donors (Lipinski definition) is 0. The molecule has 0 amide bonds. The van der Waals surface area contributed by atoms with Gasteiger partial charge in [-0.3, -0.25) is 0 Å². The van der Waals surface area contributed by atoms with Crippen LogP contribution in [0.25, 0.3) is 0 Å². The summed E-state index contributed by atoms with van der Waals surface area (Å²) in [5.74, 6) is -1.10. The zero-order valence-electron chi connectivity index (χ0n) is 8.07. The third-order valence-corrected chi connectivity index (χ3v) is 3.09. The van der Waals surface area contributed by atoms with Crippen LogP contribution in [0.3, 0.4) is 0 Å². The minimum atomic E-state index is -0.550. The van der Waals surface area contributed by atoms with Gasteiger partial charge in [-0.1, -0.05) is 11.6 Å². The van der Waals surface area contributed by atoms with Gasteiger partial charge in [-0.2, -0.15) is 0 Å². The van der Waals surface area contributed by atoms with Crippen molar-refractivity contribution in [2.24, 2.45) is 0 Å². The average molecular weight is 352 g/mol. The molecule has 1 fully saturated rings. The van der Waals surface area contributed by atoms with Crippen LogP contribution in [0, 0.1) is 3.57 Å². The van der Waals surface area contributed by atoms with E-state index >= 15 is 0 Å². The van der Waals surface area contributed by atoms with Crippen LogP contribution in [0.15, 0.2) is 18.2 Å². The highest BCUT2D eigenvalue weighted by atomic mass is 127. The van der Waals surface area contributed by atoms with Crippen LogP contribution in [0.5, 0.6) is 0 Å². The van der Waals surface area contributed by atoms with E-state index in [0.29, 0.717) is 10.7 Å². The Kier molecular flexibility index (Phi) is 3.34. The normalized spacial score (nSPS) is 16.2. The maximum atomic E-state index is 11.1. The molecule has 16 heavy (non-hydrogen) atoms. The highest BCUT2D eigenvalue weighted by Gasteiger charge is 2.26. The molecule has 1 aliphatic rings. The highest BCUT2D eigenvalue weighted by molar-refractivity contribution is 14.1. The highest BCUT2D eigenvalue weighted by Crippen LogP contribution is 2.28. The number of esters is 2. The zero-order chi connectivity index (χ0) is 11.7. The number of morpholine rings is 1. The Hall–Kier alpha value is -0.820. The number of rotatable bonds is 1. The predicted octanol–water partition coefficient (Wildman–Crippen LogP) is 1.83. The van der Waals surface area contributed by atoms with E-state index in [1.807, 2.05) is 6.07 Å². The van der Waals surface area contributed by atoms with Crippen molar-refractivity contribution in [2.75, 3.05) is 18.0 Å². The number of cyclic esters (lactones) is 2. The molecule has 0 spiro atoms. The van der Waals surface area contributed by atoms with Crippen LogP contribution in [0.1, 0.15) is 0 Å². The summed E-state index contributed by atoms with van der Waals surface area (Å²) in [5.41, 5.74) is 0.673. The van der Waals surface area contributed by atoms with Gasteiger partial charge >= 0.3 is 11.9 Å². The Morgan fingerprint density at radius 2 is 1.88 bits per heavy atom. The molecule has 0 aliphatic carbocycles. The van der Waals surface area contributed by atoms with Gasteiger partial charge in [0.1, 0.15) is 13.1 Å². The molecule has 1 heterocycles. The van der Waals surface area contributed by atoms with E-state index in [-0.39, 0.29) is 13.1 Å². The predicted molar refractivity (Wildman–Crippen MR) is 67.5 cm³/mol. The molecular weight excluding hydrogens is 344 g/mol. The van der Waals surface area contributed by atoms with Crippen molar-refractivity contribution in [3.05, 3.63) is 26.8 Å². The maximum absolute atomic E-state index is 11.1. The second-order valence-electron chi connectivity index (χ2n) is 3.30. The van der Waals surface area contributed by atoms with Gasteiger partial charge in [-0.05, 0) is 40.8 Å². The Bertz CT molecular complexity index is 447. The quantitative estimate of drug-likeness (QED) is 0.440. The van der Waals surface area contributed by atoms with Crippen molar-refractivity contribution >= 4 is 51.8 Å². The van der Waals surface area contributed by atoms with Crippen molar-refractivity contribution < 1.29 is 14.3 Å². The van der Waals surface area contributed by atoms with Gasteiger partial charge in [-0.25, -0.2) is 9.59 Å². The fraction of sp³-hybridized carbons (Fsp3) is 0.200. The average Bonchev–Trinajstić information content (AvgIpc) is 2.15. The van der Waals surface area contributed by atoms with Crippen LogP contribution >= 0.6 is 34.2 Å². The molecule has 6 heteroatoms. The molecule has 1 aromatic rings. The van der Waals surface area contributed by atoms with E-state index in [1.165, 1.54) is 0 Å². The number of carbonyl (C=O) groups excluding carboxylic acids is 2. The van der Waals surface area contributed by atoms with E-state index in [2.05, 4.69) is 27.3 Å². The molecule has 0 aromatic heterocycles. The Labute approximate surface area is 111 Å². The largest absolute Gasteiger partial charge is 0.390 e. The van der Waals surface area contributed by atoms with Crippen molar-refractivity contribution in [1.82, 2.24) is 0 Å². The lowest BCUT2D eigenvalue weighted by Crippen LogP contribution is -2.43. The smallest absolute Gasteiger partial charge is 0.333 e. The number of carbonyl (C=O) groups is 2. The van der Waals surface area contributed by atoms with E-state index in [4.69, 9.17) is 11.6 Å². The van der Waals surface area contributed by atoms with Crippen molar-refractivity contribution in [3.8, 4) is 0 Å². The summed E-state index contributed by atoms with van der Waals surface area (Å²) in [5, 5.41) is 0.523. The second kappa shape index (κ2) is 4.58. The first-order valence-corrected chi connectivity index (χ1v) is 5.95. The van der Waals surface area contributed by atoms with Gasteiger partial charge in [0.05, 0.1) is 10.7 Å². The van der Waals surface area contributed by atoms with Gasteiger partial charge in [0.15, 0.2) is 0 Å². The lowest BCUT2D eigenvalue weighted by molar-refractivity contribution is -0.160. The standard InChI is InChI=1S/C10H7ClINO3/c11-7-3-6(12)1-2-8(7)13-4-9(14)16-10(15)5-13/h1-3H,4-5H2. The molecule has 84 valence electrons. The summed E-state index contributed by atoms with van der Waals surface area (Å²) in [6.07, 6.45) is 0. The van der Waals surface area contributed by atoms with E-state index < -0.39 is 11.9 Å². The zero-order valence-corrected chi connectivity index (χ0v) is 11.0. The molecule has 0 unspecified atom stereocenters. The molecule has 2 rings (SSSR count).